The van der Waals surface area contributed by atoms with Crippen LogP contribution in [0.1, 0.15) is 41.3 Å². The summed E-state index contributed by atoms with van der Waals surface area (Å²) in [6, 6.07) is 0.694. The molecular formula is C26H35N3O8. The Labute approximate surface area is 215 Å². The van der Waals surface area contributed by atoms with Crippen molar-refractivity contribution in [2.75, 3.05) is 40.2 Å². The standard InChI is InChI=1S/C26H35N3O8/c1-7-12-8-14-15(28(2)3)9-13(11-37-6)20(30)18(14)22(32)17(12)23(33)26(36)10-16(29(4)5)21(31)19(24(26)34)25(27)35/h9,12,16,30-31,33,36H,7-8,10-11H2,1-6H3,(H2,27,35)/b23-17-/t12?,16-,26-/m0/s1. The van der Waals surface area contributed by atoms with Gasteiger partial charge >= 0.3 is 0 Å². The summed E-state index contributed by atoms with van der Waals surface area (Å²) in [4.78, 5) is 42.5. The number of hydrogen-bond donors (Lipinski definition) is 5. The van der Waals surface area contributed by atoms with Gasteiger partial charge in [0, 0.05) is 44.4 Å². The highest BCUT2D eigenvalue weighted by Crippen LogP contribution is 2.46. The minimum atomic E-state index is -2.70. The van der Waals surface area contributed by atoms with Crippen molar-refractivity contribution in [1.29, 1.82) is 0 Å². The molecule has 0 saturated heterocycles. The number of anilines is 1. The van der Waals surface area contributed by atoms with Crippen molar-refractivity contribution in [1.82, 2.24) is 4.90 Å². The maximum absolute atomic E-state index is 13.9. The van der Waals surface area contributed by atoms with Crippen molar-refractivity contribution in [3.05, 3.63) is 45.4 Å². The van der Waals surface area contributed by atoms with E-state index >= 15 is 0 Å². The molecule has 0 radical (unpaired) electrons. The molecule has 0 aliphatic heterocycles. The summed E-state index contributed by atoms with van der Waals surface area (Å²) in [5, 5.41) is 44.6. The monoisotopic (exact) mass is 517 g/mol. The maximum Gasteiger partial charge on any atom is 0.255 e. The fourth-order valence-electron chi connectivity index (χ4n) is 5.24. The Balaban J connectivity index is 2.31. The van der Waals surface area contributed by atoms with Crippen molar-refractivity contribution < 1.29 is 39.5 Å². The zero-order valence-electron chi connectivity index (χ0n) is 22.0. The van der Waals surface area contributed by atoms with E-state index in [9.17, 15) is 34.8 Å². The Bertz CT molecular complexity index is 1220. The Kier molecular flexibility index (Phi) is 7.73. The summed E-state index contributed by atoms with van der Waals surface area (Å²) < 4.78 is 5.18. The number of Topliss-reactive ketones (excluding diaryl/α,β-unsaturated/α-hetero) is 2. The van der Waals surface area contributed by atoms with Gasteiger partial charge in [-0.25, -0.2) is 0 Å². The molecule has 1 aromatic rings. The van der Waals surface area contributed by atoms with E-state index < -0.39 is 58.5 Å². The third-order valence-corrected chi connectivity index (χ3v) is 7.25. The number of carbonyl (C=O) groups is 3. The Hall–Kier alpha value is -3.41. The molecule has 0 heterocycles. The number of nitrogens with two attached hydrogens (primary N) is 1. The van der Waals surface area contributed by atoms with E-state index in [0.29, 0.717) is 23.2 Å². The van der Waals surface area contributed by atoms with E-state index in [1.54, 1.807) is 46.1 Å². The molecule has 1 unspecified atom stereocenters. The van der Waals surface area contributed by atoms with Crippen molar-refractivity contribution in [3.63, 3.8) is 0 Å². The average Bonchev–Trinajstić information content (AvgIpc) is 2.81. The second-order valence-electron chi connectivity index (χ2n) is 9.98. The lowest BCUT2D eigenvalue weighted by Crippen LogP contribution is -2.55. The van der Waals surface area contributed by atoms with Gasteiger partial charge in [-0.3, -0.25) is 19.3 Å². The Morgan fingerprint density at radius 1 is 1.22 bits per heavy atom. The summed E-state index contributed by atoms with van der Waals surface area (Å²) in [6.07, 6.45) is 0.0750. The fourth-order valence-corrected chi connectivity index (χ4v) is 5.24. The normalized spacial score (nSPS) is 25.4. The molecule has 11 nitrogen and oxygen atoms in total. The minimum Gasteiger partial charge on any atom is -0.510 e. The number of allylic oxidation sites excluding steroid dienone is 1. The zero-order valence-corrected chi connectivity index (χ0v) is 22.0. The maximum atomic E-state index is 13.9. The van der Waals surface area contributed by atoms with Gasteiger partial charge in [0.1, 0.15) is 22.8 Å². The fraction of sp³-hybridized carbons (Fsp3) is 0.500. The number of likely N-dealkylation sites (N-methyl/N-ethyl adjacent to an activating group) is 1. The molecule has 1 amide bonds. The van der Waals surface area contributed by atoms with Gasteiger partial charge in [0.25, 0.3) is 5.91 Å². The van der Waals surface area contributed by atoms with Crippen LogP contribution < -0.4 is 10.6 Å². The molecule has 0 fully saturated rings. The summed E-state index contributed by atoms with van der Waals surface area (Å²) >= 11 is 0. The zero-order chi connectivity index (χ0) is 28.0. The number of methoxy groups -OCH3 is 1. The van der Waals surface area contributed by atoms with Gasteiger partial charge in [0.2, 0.25) is 5.78 Å². The van der Waals surface area contributed by atoms with Crippen LogP contribution in [0.15, 0.2) is 28.7 Å². The molecule has 202 valence electrons. The van der Waals surface area contributed by atoms with Crippen LogP contribution in [0.4, 0.5) is 5.69 Å². The van der Waals surface area contributed by atoms with Crippen LogP contribution in [0.3, 0.4) is 0 Å². The number of nitrogens with zero attached hydrogens (tertiary/aromatic N) is 2. The highest BCUT2D eigenvalue weighted by atomic mass is 16.5. The number of fused-ring (bicyclic) bond motifs is 1. The summed E-state index contributed by atoms with van der Waals surface area (Å²) in [6.45, 7) is 1.81. The van der Waals surface area contributed by atoms with Crippen molar-refractivity contribution >= 4 is 23.2 Å². The van der Waals surface area contributed by atoms with Gasteiger partial charge in [0.15, 0.2) is 11.4 Å². The molecule has 0 saturated carbocycles. The molecule has 3 rings (SSSR count). The highest BCUT2D eigenvalue weighted by Gasteiger charge is 2.54. The van der Waals surface area contributed by atoms with E-state index in [1.807, 2.05) is 0 Å². The van der Waals surface area contributed by atoms with E-state index in [-0.39, 0.29) is 29.9 Å². The van der Waals surface area contributed by atoms with Gasteiger partial charge in [-0.2, -0.15) is 0 Å². The summed E-state index contributed by atoms with van der Waals surface area (Å²) in [5.41, 5.74) is 3.14. The third kappa shape index (κ3) is 4.47. The van der Waals surface area contributed by atoms with Crippen molar-refractivity contribution in [2.24, 2.45) is 11.7 Å². The molecule has 0 spiro atoms. The second kappa shape index (κ2) is 10.2. The van der Waals surface area contributed by atoms with E-state index in [1.165, 1.54) is 12.0 Å². The quantitative estimate of drug-likeness (QED) is 0.200. The van der Waals surface area contributed by atoms with Gasteiger partial charge in [0.05, 0.1) is 18.2 Å². The first-order chi connectivity index (χ1) is 17.2. The second-order valence-corrected chi connectivity index (χ2v) is 9.98. The number of phenols is 1. The van der Waals surface area contributed by atoms with Crippen LogP contribution in [-0.4, -0.2) is 89.7 Å². The summed E-state index contributed by atoms with van der Waals surface area (Å²) in [7, 11) is 8.15. The number of benzene rings is 1. The number of aliphatic hydroxyl groups is 3. The van der Waals surface area contributed by atoms with Crippen LogP contribution in [0, 0.1) is 5.92 Å². The molecule has 0 bridgehead atoms. The lowest BCUT2D eigenvalue weighted by atomic mass is 9.70. The van der Waals surface area contributed by atoms with E-state index in [0.717, 1.165) is 0 Å². The SMILES string of the molecule is CCC1Cc2c(N(C)C)cc(COC)c(O)c2C(=O)/C1=C(\O)[C@@]1(O)C[C@H](N(C)C)C(O)=C(C(N)=O)C1=O. The van der Waals surface area contributed by atoms with Crippen LogP contribution >= 0.6 is 0 Å². The van der Waals surface area contributed by atoms with Crippen LogP contribution in [0.25, 0.3) is 0 Å². The van der Waals surface area contributed by atoms with Crippen molar-refractivity contribution in [3.8, 4) is 5.75 Å². The molecule has 1 aromatic carbocycles. The molecule has 3 atom stereocenters. The first kappa shape index (κ1) is 28.2. The molecule has 11 heteroatoms. The van der Waals surface area contributed by atoms with E-state index in [4.69, 9.17) is 10.5 Å². The van der Waals surface area contributed by atoms with Gasteiger partial charge in [-0.05, 0) is 44.5 Å². The molecule has 0 aromatic heterocycles. The lowest BCUT2D eigenvalue weighted by Gasteiger charge is -2.39. The molecule has 2 aliphatic rings. The minimum absolute atomic E-state index is 0.0223. The van der Waals surface area contributed by atoms with Crippen LogP contribution in [0.5, 0.6) is 5.75 Å². The number of ketones is 2. The predicted molar refractivity (Wildman–Crippen MR) is 136 cm³/mol. The molecular weight excluding hydrogens is 482 g/mol. The van der Waals surface area contributed by atoms with Gasteiger partial charge < -0.3 is 35.8 Å². The first-order valence-electron chi connectivity index (χ1n) is 11.9. The number of rotatable bonds is 7. The number of amides is 1. The molecule has 6 N–H and O–H groups in total. The van der Waals surface area contributed by atoms with Gasteiger partial charge in [-0.1, -0.05) is 6.92 Å². The number of primary amides is 1. The van der Waals surface area contributed by atoms with E-state index in [2.05, 4.69) is 0 Å². The highest BCUT2D eigenvalue weighted by molar-refractivity contribution is 6.24. The number of ether oxygens (including phenoxy) is 1. The topological polar surface area (TPSA) is 174 Å². The number of carbonyl (C=O) groups excluding carboxylic acids is 3. The average molecular weight is 518 g/mol. The number of phenolic OH excluding ortho intramolecular Hbond substituents is 1. The van der Waals surface area contributed by atoms with Crippen molar-refractivity contribution in [2.45, 2.75) is 44.4 Å². The number of aliphatic hydroxyl groups excluding tert-OH is 2. The lowest BCUT2D eigenvalue weighted by molar-refractivity contribution is -0.138. The Morgan fingerprint density at radius 2 is 1.84 bits per heavy atom. The smallest absolute Gasteiger partial charge is 0.255 e. The number of hydrogen-bond acceptors (Lipinski definition) is 10. The third-order valence-electron chi connectivity index (χ3n) is 7.25. The van der Waals surface area contributed by atoms with Crippen LogP contribution in [0.2, 0.25) is 0 Å². The Morgan fingerprint density at radius 3 is 2.32 bits per heavy atom. The summed E-state index contributed by atoms with van der Waals surface area (Å²) in [5.74, 6) is -5.76. The predicted octanol–water partition coefficient (Wildman–Crippen LogP) is 1.11. The number of aromatic hydroxyl groups is 1. The van der Waals surface area contributed by atoms with Gasteiger partial charge in [-0.15, -0.1) is 0 Å². The first-order valence-corrected chi connectivity index (χ1v) is 11.9. The largest absolute Gasteiger partial charge is 0.510 e. The molecule has 37 heavy (non-hydrogen) atoms. The van der Waals surface area contributed by atoms with Crippen LogP contribution in [-0.2, 0) is 27.4 Å². The molecule has 2 aliphatic carbocycles.